The molecule has 4 nitrogen and oxygen atoms in total. The van der Waals surface area contributed by atoms with Gasteiger partial charge in [0.25, 0.3) is 0 Å². The summed E-state index contributed by atoms with van der Waals surface area (Å²) in [5, 5.41) is 0. The Bertz CT molecular complexity index is 886. The predicted octanol–water partition coefficient (Wildman–Crippen LogP) is 5.67. The standard InChI is InChI=1S/C22H24N2O2/c1-13-14(2)16(4)22(26-20-12-8-6-10-18(20)24)21(15(13)3)25-19-11-7-5-9-17(19)23/h5-12H,23-24H2,1-4H3. The first-order valence-electron chi connectivity index (χ1n) is 8.55. The summed E-state index contributed by atoms with van der Waals surface area (Å²) in [6, 6.07) is 14.9. The third-order valence-corrected chi connectivity index (χ3v) is 4.84. The van der Waals surface area contributed by atoms with Crippen molar-refractivity contribution in [3.05, 3.63) is 70.8 Å². The van der Waals surface area contributed by atoms with Crippen molar-refractivity contribution < 1.29 is 9.47 Å². The first kappa shape index (κ1) is 17.7. The van der Waals surface area contributed by atoms with E-state index in [0.717, 1.165) is 11.1 Å². The average Bonchev–Trinajstić information content (AvgIpc) is 2.64. The van der Waals surface area contributed by atoms with Gasteiger partial charge in [0.05, 0.1) is 11.4 Å². The number of nitrogen functional groups attached to an aromatic ring is 2. The van der Waals surface area contributed by atoms with Crippen molar-refractivity contribution in [1.29, 1.82) is 0 Å². The molecule has 0 saturated heterocycles. The molecule has 3 aromatic rings. The zero-order valence-corrected chi connectivity index (χ0v) is 15.6. The van der Waals surface area contributed by atoms with Crippen LogP contribution in [-0.2, 0) is 0 Å². The number of para-hydroxylation sites is 4. The molecule has 0 atom stereocenters. The second-order valence-corrected chi connectivity index (χ2v) is 6.44. The Morgan fingerprint density at radius 3 is 1.23 bits per heavy atom. The van der Waals surface area contributed by atoms with Gasteiger partial charge in [0, 0.05) is 0 Å². The molecule has 0 aliphatic rings. The lowest BCUT2D eigenvalue weighted by Gasteiger charge is -2.21. The van der Waals surface area contributed by atoms with Crippen molar-refractivity contribution in [3.63, 3.8) is 0 Å². The molecule has 3 rings (SSSR count). The second-order valence-electron chi connectivity index (χ2n) is 6.44. The van der Waals surface area contributed by atoms with Crippen LogP contribution in [0, 0.1) is 27.7 Å². The van der Waals surface area contributed by atoms with Crippen LogP contribution in [0.1, 0.15) is 22.3 Å². The van der Waals surface area contributed by atoms with Crippen LogP contribution in [0.2, 0.25) is 0 Å². The molecule has 0 aliphatic heterocycles. The maximum absolute atomic E-state index is 6.21. The SMILES string of the molecule is Cc1c(C)c(C)c(Oc2ccccc2N)c(Oc2ccccc2N)c1C. The van der Waals surface area contributed by atoms with Gasteiger partial charge in [-0.05, 0) is 74.2 Å². The van der Waals surface area contributed by atoms with E-state index in [0.29, 0.717) is 34.4 Å². The highest BCUT2D eigenvalue weighted by atomic mass is 16.5. The molecule has 26 heavy (non-hydrogen) atoms. The van der Waals surface area contributed by atoms with Crippen LogP contribution >= 0.6 is 0 Å². The number of anilines is 2. The van der Waals surface area contributed by atoms with Crippen LogP contribution in [0.3, 0.4) is 0 Å². The zero-order chi connectivity index (χ0) is 18.8. The largest absolute Gasteiger partial charge is 0.451 e. The Hall–Kier alpha value is -3.14. The highest BCUT2D eigenvalue weighted by Gasteiger charge is 2.20. The third kappa shape index (κ3) is 3.18. The van der Waals surface area contributed by atoms with Gasteiger partial charge in [-0.25, -0.2) is 0 Å². The van der Waals surface area contributed by atoms with Crippen LogP contribution in [-0.4, -0.2) is 0 Å². The first-order valence-corrected chi connectivity index (χ1v) is 8.55. The third-order valence-electron chi connectivity index (χ3n) is 4.84. The van der Waals surface area contributed by atoms with E-state index in [4.69, 9.17) is 20.9 Å². The topological polar surface area (TPSA) is 70.5 Å². The second kappa shape index (κ2) is 7.00. The molecule has 3 aromatic carbocycles. The minimum Gasteiger partial charge on any atom is -0.451 e. The normalized spacial score (nSPS) is 10.6. The minimum absolute atomic E-state index is 0.577. The summed E-state index contributed by atoms with van der Waals surface area (Å²) >= 11 is 0. The van der Waals surface area contributed by atoms with Crippen molar-refractivity contribution in [3.8, 4) is 23.0 Å². The summed E-state index contributed by atoms with van der Waals surface area (Å²) < 4.78 is 12.4. The molecule has 0 aliphatic carbocycles. The van der Waals surface area contributed by atoms with Gasteiger partial charge in [-0.3, -0.25) is 0 Å². The van der Waals surface area contributed by atoms with Crippen LogP contribution in [0.25, 0.3) is 0 Å². The number of rotatable bonds is 4. The lowest BCUT2D eigenvalue weighted by atomic mass is 9.97. The van der Waals surface area contributed by atoms with Gasteiger partial charge < -0.3 is 20.9 Å². The van der Waals surface area contributed by atoms with E-state index in [1.807, 2.05) is 62.4 Å². The molecular weight excluding hydrogens is 324 g/mol. The van der Waals surface area contributed by atoms with Gasteiger partial charge in [-0.15, -0.1) is 0 Å². The highest BCUT2D eigenvalue weighted by molar-refractivity contribution is 5.64. The van der Waals surface area contributed by atoms with Gasteiger partial charge in [0.1, 0.15) is 0 Å². The first-order chi connectivity index (χ1) is 12.4. The molecule has 0 spiro atoms. The fourth-order valence-electron chi connectivity index (χ4n) is 2.86. The molecule has 0 aromatic heterocycles. The number of ether oxygens (including phenoxy) is 2. The number of benzene rings is 3. The quantitative estimate of drug-likeness (QED) is 0.596. The van der Waals surface area contributed by atoms with Crippen LogP contribution < -0.4 is 20.9 Å². The molecule has 0 heterocycles. The summed E-state index contributed by atoms with van der Waals surface area (Å²) in [5.41, 5.74) is 17.6. The van der Waals surface area contributed by atoms with Crippen LogP contribution in [0.4, 0.5) is 11.4 Å². The van der Waals surface area contributed by atoms with E-state index < -0.39 is 0 Å². The monoisotopic (exact) mass is 348 g/mol. The molecule has 0 saturated carbocycles. The lowest BCUT2D eigenvalue weighted by molar-refractivity contribution is 0.415. The van der Waals surface area contributed by atoms with Gasteiger partial charge >= 0.3 is 0 Å². The Balaban J connectivity index is 2.16. The molecule has 4 N–H and O–H groups in total. The molecule has 4 heteroatoms. The van der Waals surface area contributed by atoms with Gasteiger partial charge in [-0.2, -0.15) is 0 Å². The fourth-order valence-corrected chi connectivity index (χ4v) is 2.86. The summed E-state index contributed by atoms with van der Waals surface area (Å²) in [5.74, 6) is 2.52. The van der Waals surface area contributed by atoms with Gasteiger partial charge in [-0.1, -0.05) is 24.3 Å². The number of nitrogens with two attached hydrogens (primary N) is 2. The molecule has 0 amide bonds. The zero-order valence-electron chi connectivity index (χ0n) is 15.6. The van der Waals surface area contributed by atoms with Crippen LogP contribution in [0.15, 0.2) is 48.5 Å². The fraction of sp³-hybridized carbons (Fsp3) is 0.182. The van der Waals surface area contributed by atoms with Gasteiger partial charge in [0.2, 0.25) is 0 Å². The molecule has 0 unspecified atom stereocenters. The van der Waals surface area contributed by atoms with Gasteiger partial charge in [0.15, 0.2) is 23.0 Å². The van der Waals surface area contributed by atoms with Crippen molar-refractivity contribution in [1.82, 2.24) is 0 Å². The Morgan fingerprint density at radius 1 is 0.538 bits per heavy atom. The van der Waals surface area contributed by atoms with E-state index in [2.05, 4.69) is 13.8 Å². The summed E-state index contributed by atoms with van der Waals surface area (Å²) in [7, 11) is 0. The minimum atomic E-state index is 0.577. The summed E-state index contributed by atoms with van der Waals surface area (Å²) in [6.07, 6.45) is 0. The van der Waals surface area contributed by atoms with E-state index in [-0.39, 0.29) is 0 Å². The molecule has 0 radical (unpaired) electrons. The average molecular weight is 348 g/mol. The molecule has 134 valence electrons. The number of hydrogen-bond acceptors (Lipinski definition) is 4. The van der Waals surface area contributed by atoms with Crippen molar-refractivity contribution in [2.24, 2.45) is 0 Å². The van der Waals surface area contributed by atoms with E-state index in [1.165, 1.54) is 11.1 Å². The lowest BCUT2D eigenvalue weighted by Crippen LogP contribution is -2.02. The molecule has 0 bridgehead atoms. The number of hydrogen-bond donors (Lipinski definition) is 2. The Morgan fingerprint density at radius 2 is 0.885 bits per heavy atom. The molecule has 0 fully saturated rings. The molecular formula is C22H24N2O2. The maximum Gasteiger partial charge on any atom is 0.173 e. The van der Waals surface area contributed by atoms with E-state index in [1.54, 1.807) is 0 Å². The van der Waals surface area contributed by atoms with Crippen molar-refractivity contribution in [2.45, 2.75) is 27.7 Å². The van der Waals surface area contributed by atoms with E-state index >= 15 is 0 Å². The Kier molecular flexibility index (Phi) is 4.76. The van der Waals surface area contributed by atoms with Crippen molar-refractivity contribution in [2.75, 3.05) is 11.5 Å². The smallest absolute Gasteiger partial charge is 0.173 e. The summed E-state index contributed by atoms with van der Waals surface area (Å²) in [4.78, 5) is 0. The highest BCUT2D eigenvalue weighted by Crippen LogP contribution is 2.45. The summed E-state index contributed by atoms with van der Waals surface area (Å²) in [6.45, 7) is 8.22. The van der Waals surface area contributed by atoms with E-state index in [9.17, 15) is 0 Å². The predicted molar refractivity (Wildman–Crippen MR) is 107 cm³/mol. The Labute approximate surface area is 154 Å². The maximum atomic E-state index is 6.21. The van der Waals surface area contributed by atoms with Crippen molar-refractivity contribution >= 4 is 11.4 Å². The van der Waals surface area contributed by atoms with Crippen LogP contribution in [0.5, 0.6) is 23.0 Å².